The van der Waals surface area contributed by atoms with E-state index >= 15 is 0 Å². The highest BCUT2D eigenvalue weighted by atomic mass is 16.5. The van der Waals surface area contributed by atoms with Crippen LogP contribution in [0.3, 0.4) is 0 Å². The summed E-state index contributed by atoms with van der Waals surface area (Å²) in [6.07, 6.45) is 16.9. The van der Waals surface area contributed by atoms with Crippen LogP contribution in [0.5, 0.6) is 0 Å². The van der Waals surface area contributed by atoms with Crippen molar-refractivity contribution < 1.29 is 14.3 Å². The molecule has 0 radical (unpaired) electrons. The van der Waals surface area contributed by atoms with Gasteiger partial charge in [0.1, 0.15) is 0 Å². The zero-order chi connectivity index (χ0) is 15.9. The molecule has 0 aromatic heterocycles. The van der Waals surface area contributed by atoms with Gasteiger partial charge in [0.2, 0.25) is 0 Å². The van der Waals surface area contributed by atoms with Gasteiger partial charge in [-0.15, -0.1) is 0 Å². The lowest BCUT2D eigenvalue weighted by Crippen LogP contribution is -2.09. The summed E-state index contributed by atoms with van der Waals surface area (Å²) in [4.78, 5) is 11.6. The SMILES string of the molecule is CCCCCCCCCCCC(=O)OCCC[C@@H]1CCCO1. The molecule has 0 amide bonds. The Bertz CT molecular complexity index is 259. The monoisotopic (exact) mass is 312 g/mol. The fourth-order valence-electron chi connectivity index (χ4n) is 3.02. The van der Waals surface area contributed by atoms with E-state index in [4.69, 9.17) is 9.47 Å². The van der Waals surface area contributed by atoms with Crippen molar-refractivity contribution in [1.82, 2.24) is 0 Å². The Kier molecular flexibility index (Phi) is 12.4. The molecule has 0 aromatic carbocycles. The Morgan fingerprint density at radius 1 is 1.00 bits per heavy atom. The minimum Gasteiger partial charge on any atom is -0.466 e. The number of unbranched alkanes of at least 4 members (excludes halogenated alkanes) is 8. The highest BCUT2D eigenvalue weighted by Crippen LogP contribution is 2.16. The second kappa shape index (κ2) is 14.0. The first kappa shape index (κ1) is 19.5. The van der Waals surface area contributed by atoms with Gasteiger partial charge >= 0.3 is 5.97 Å². The molecule has 3 heteroatoms. The second-order valence-electron chi connectivity index (χ2n) is 6.58. The second-order valence-corrected chi connectivity index (χ2v) is 6.58. The summed E-state index contributed by atoms with van der Waals surface area (Å²) in [5.41, 5.74) is 0. The van der Waals surface area contributed by atoms with Gasteiger partial charge in [0.05, 0.1) is 12.7 Å². The molecule has 1 aliphatic rings. The van der Waals surface area contributed by atoms with Gasteiger partial charge in [0, 0.05) is 13.0 Å². The van der Waals surface area contributed by atoms with Gasteiger partial charge in [-0.05, 0) is 32.1 Å². The third kappa shape index (κ3) is 11.1. The number of ether oxygens (including phenoxy) is 2. The van der Waals surface area contributed by atoms with Crippen LogP contribution in [0.2, 0.25) is 0 Å². The lowest BCUT2D eigenvalue weighted by Gasteiger charge is -2.09. The number of carbonyl (C=O) groups is 1. The molecule has 0 N–H and O–H groups in total. The van der Waals surface area contributed by atoms with Crippen LogP contribution in [0.1, 0.15) is 96.8 Å². The van der Waals surface area contributed by atoms with Crippen molar-refractivity contribution in [2.45, 2.75) is 103 Å². The van der Waals surface area contributed by atoms with Crippen molar-refractivity contribution in [3.8, 4) is 0 Å². The predicted octanol–water partition coefficient (Wildman–Crippen LogP) is 5.41. The van der Waals surface area contributed by atoms with Crippen molar-refractivity contribution in [3.63, 3.8) is 0 Å². The molecule has 1 aliphatic heterocycles. The van der Waals surface area contributed by atoms with Crippen LogP contribution in [-0.4, -0.2) is 25.3 Å². The van der Waals surface area contributed by atoms with E-state index < -0.39 is 0 Å². The first-order chi connectivity index (χ1) is 10.8. The average molecular weight is 312 g/mol. The molecule has 3 nitrogen and oxygen atoms in total. The highest BCUT2D eigenvalue weighted by molar-refractivity contribution is 5.69. The van der Waals surface area contributed by atoms with Crippen LogP contribution in [0.25, 0.3) is 0 Å². The fourth-order valence-corrected chi connectivity index (χ4v) is 3.02. The van der Waals surface area contributed by atoms with Gasteiger partial charge in [0.25, 0.3) is 0 Å². The molecule has 1 rings (SSSR count). The predicted molar refractivity (Wildman–Crippen MR) is 91.0 cm³/mol. The third-order valence-corrected chi connectivity index (χ3v) is 4.44. The minimum absolute atomic E-state index is 0.0183. The third-order valence-electron chi connectivity index (χ3n) is 4.44. The number of hydrogen-bond acceptors (Lipinski definition) is 3. The molecule has 1 atom stereocenters. The molecule has 0 bridgehead atoms. The Hall–Kier alpha value is -0.570. The highest BCUT2D eigenvalue weighted by Gasteiger charge is 2.14. The zero-order valence-electron chi connectivity index (χ0n) is 14.6. The summed E-state index contributed by atoms with van der Waals surface area (Å²) < 4.78 is 10.8. The zero-order valence-corrected chi connectivity index (χ0v) is 14.6. The number of rotatable bonds is 14. The molecule has 130 valence electrons. The molecular formula is C19H36O3. The normalized spacial score (nSPS) is 17.8. The lowest BCUT2D eigenvalue weighted by molar-refractivity contribution is -0.144. The van der Waals surface area contributed by atoms with E-state index in [2.05, 4.69) is 6.92 Å². The molecule has 0 aromatic rings. The van der Waals surface area contributed by atoms with Crippen LogP contribution >= 0.6 is 0 Å². The summed E-state index contributed by atoms with van der Waals surface area (Å²) in [7, 11) is 0. The number of esters is 1. The van der Waals surface area contributed by atoms with E-state index in [-0.39, 0.29) is 5.97 Å². The lowest BCUT2D eigenvalue weighted by atomic mass is 10.1. The molecule has 0 unspecified atom stereocenters. The molecule has 0 saturated carbocycles. The van der Waals surface area contributed by atoms with E-state index in [1.165, 1.54) is 64.2 Å². The van der Waals surface area contributed by atoms with E-state index in [1.807, 2.05) is 0 Å². The van der Waals surface area contributed by atoms with Crippen LogP contribution in [0.4, 0.5) is 0 Å². The van der Waals surface area contributed by atoms with Crippen LogP contribution in [0.15, 0.2) is 0 Å². The molecule has 0 aliphatic carbocycles. The topological polar surface area (TPSA) is 35.5 Å². The van der Waals surface area contributed by atoms with Gasteiger partial charge < -0.3 is 9.47 Å². The van der Waals surface area contributed by atoms with Gasteiger partial charge in [-0.3, -0.25) is 4.79 Å². The van der Waals surface area contributed by atoms with Crippen molar-refractivity contribution in [1.29, 1.82) is 0 Å². The van der Waals surface area contributed by atoms with E-state index in [0.29, 0.717) is 19.1 Å². The van der Waals surface area contributed by atoms with Crippen molar-refractivity contribution in [2.24, 2.45) is 0 Å². The average Bonchev–Trinajstić information content (AvgIpc) is 3.03. The quantitative estimate of drug-likeness (QED) is 0.318. The maximum atomic E-state index is 11.6. The van der Waals surface area contributed by atoms with E-state index in [1.54, 1.807) is 0 Å². The summed E-state index contributed by atoms with van der Waals surface area (Å²) in [6, 6.07) is 0. The number of carbonyl (C=O) groups excluding carboxylic acids is 1. The molecule has 1 heterocycles. The number of hydrogen-bond donors (Lipinski definition) is 0. The summed E-state index contributed by atoms with van der Waals surface area (Å²) in [5, 5.41) is 0. The van der Waals surface area contributed by atoms with Crippen molar-refractivity contribution in [2.75, 3.05) is 13.2 Å². The Labute approximate surface area is 137 Å². The van der Waals surface area contributed by atoms with E-state index in [0.717, 1.165) is 25.9 Å². The summed E-state index contributed by atoms with van der Waals surface area (Å²) >= 11 is 0. The standard InChI is InChI=1S/C19H36O3/c1-2-3-4-5-6-7-8-9-10-15-19(20)22-17-12-14-18-13-11-16-21-18/h18H,2-17H2,1H3/t18-/m0/s1. The fraction of sp³-hybridized carbons (Fsp3) is 0.947. The largest absolute Gasteiger partial charge is 0.466 e. The van der Waals surface area contributed by atoms with Gasteiger partial charge in [-0.1, -0.05) is 58.3 Å². The first-order valence-electron chi connectivity index (χ1n) is 9.60. The van der Waals surface area contributed by atoms with Crippen LogP contribution < -0.4 is 0 Å². The van der Waals surface area contributed by atoms with Gasteiger partial charge in [0.15, 0.2) is 0 Å². The van der Waals surface area contributed by atoms with Crippen LogP contribution in [-0.2, 0) is 14.3 Å². The maximum absolute atomic E-state index is 11.6. The first-order valence-corrected chi connectivity index (χ1v) is 9.60. The maximum Gasteiger partial charge on any atom is 0.305 e. The summed E-state index contributed by atoms with van der Waals surface area (Å²) in [5.74, 6) is -0.0183. The smallest absolute Gasteiger partial charge is 0.305 e. The molecule has 22 heavy (non-hydrogen) atoms. The van der Waals surface area contributed by atoms with Crippen molar-refractivity contribution >= 4 is 5.97 Å². The van der Waals surface area contributed by atoms with Gasteiger partial charge in [-0.2, -0.15) is 0 Å². The molecule has 1 fully saturated rings. The molecular weight excluding hydrogens is 276 g/mol. The Balaban J connectivity index is 1.77. The Morgan fingerprint density at radius 3 is 2.32 bits per heavy atom. The summed E-state index contributed by atoms with van der Waals surface area (Å²) in [6.45, 7) is 3.72. The van der Waals surface area contributed by atoms with Crippen molar-refractivity contribution in [3.05, 3.63) is 0 Å². The van der Waals surface area contributed by atoms with Crippen LogP contribution in [0, 0.1) is 0 Å². The van der Waals surface area contributed by atoms with E-state index in [9.17, 15) is 4.79 Å². The Morgan fingerprint density at radius 2 is 1.68 bits per heavy atom. The molecule has 1 saturated heterocycles. The van der Waals surface area contributed by atoms with Gasteiger partial charge in [-0.25, -0.2) is 0 Å². The molecule has 0 spiro atoms. The minimum atomic E-state index is -0.0183.